The Labute approximate surface area is 138 Å². The highest BCUT2D eigenvalue weighted by molar-refractivity contribution is 5.97. The first-order valence-corrected chi connectivity index (χ1v) is 8.11. The van der Waals surface area contributed by atoms with Crippen molar-refractivity contribution in [3.05, 3.63) is 29.3 Å². The number of β-amino-alcohol motifs (C(OH)–C–C–N with tert-alkyl or cyclic N) is 1. The molecule has 1 aromatic carbocycles. The number of nitrogens with zero attached hydrogens (tertiary/aromatic N) is 3. The van der Waals surface area contributed by atoms with Crippen LogP contribution >= 0.6 is 0 Å². The van der Waals surface area contributed by atoms with Gasteiger partial charge in [-0.2, -0.15) is 5.26 Å². The van der Waals surface area contributed by atoms with E-state index in [1.165, 1.54) is 0 Å². The van der Waals surface area contributed by atoms with E-state index < -0.39 is 0 Å². The van der Waals surface area contributed by atoms with Gasteiger partial charge in [0.25, 0.3) is 0 Å². The normalized spacial score (nSPS) is 19.3. The largest absolute Gasteiger partial charge is 0.392 e. The third kappa shape index (κ3) is 4.31. The van der Waals surface area contributed by atoms with Crippen molar-refractivity contribution in [3.63, 3.8) is 0 Å². The van der Waals surface area contributed by atoms with Gasteiger partial charge in [0.2, 0.25) is 5.91 Å². The average molecular weight is 315 g/mol. The van der Waals surface area contributed by atoms with Crippen molar-refractivity contribution in [1.29, 1.82) is 5.26 Å². The molecule has 0 bridgehead atoms. The highest BCUT2D eigenvalue weighted by atomic mass is 16.3. The van der Waals surface area contributed by atoms with Crippen LogP contribution < -0.4 is 4.90 Å². The molecule has 1 amide bonds. The summed E-state index contributed by atoms with van der Waals surface area (Å²) in [7, 11) is 0. The quantitative estimate of drug-likeness (QED) is 0.902. The number of hydrogen-bond donors (Lipinski definition) is 1. The van der Waals surface area contributed by atoms with E-state index in [0.717, 1.165) is 23.4 Å². The number of rotatable bonds is 5. The fourth-order valence-electron chi connectivity index (χ4n) is 3.14. The number of nitriles is 1. The lowest BCUT2D eigenvalue weighted by Gasteiger charge is -2.30. The number of aliphatic hydroxyl groups excluding tert-OH is 1. The van der Waals surface area contributed by atoms with Gasteiger partial charge in [0, 0.05) is 25.3 Å². The van der Waals surface area contributed by atoms with Crippen molar-refractivity contribution in [2.45, 2.75) is 45.8 Å². The minimum atomic E-state index is -0.348. The van der Waals surface area contributed by atoms with Gasteiger partial charge in [0.1, 0.15) is 0 Å². The van der Waals surface area contributed by atoms with Crippen LogP contribution in [0.1, 0.15) is 30.9 Å². The Morgan fingerprint density at radius 1 is 1.43 bits per heavy atom. The first kappa shape index (κ1) is 17.5. The smallest absolute Gasteiger partial charge is 0.244 e. The van der Waals surface area contributed by atoms with Gasteiger partial charge in [-0.05, 0) is 50.5 Å². The second-order valence-electron chi connectivity index (χ2n) is 6.36. The molecule has 1 heterocycles. The van der Waals surface area contributed by atoms with Crippen molar-refractivity contribution < 1.29 is 9.90 Å². The SMILES string of the molecule is Cc1cc(C)cc(N(CCC#N)C(=O)C(C)N2CC[C@@H](O)C2)c1. The molecule has 2 atom stereocenters. The van der Waals surface area contributed by atoms with Gasteiger partial charge in [0.15, 0.2) is 0 Å². The van der Waals surface area contributed by atoms with Crippen LogP contribution in [0, 0.1) is 25.2 Å². The first-order valence-electron chi connectivity index (χ1n) is 8.11. The summed E-state index contributed by atoms with van der Waals surface area (Å²) in [6, 6.07) is 7.85. The molecule has 1 unspecified atom stereocenters. The summed E-state index contributed by atoms with van der Waals surface area (Å²) < 4.78 is 0. The number of anilines is 1. The fraction of sp³-hybridized carbons (Fsp3) is 0.556. The second-order valence-corrected chi connectivity index (χ2v) is 6.36. The van der Waals surface area contributed by atoms with Gasteiger partial charge in [-0.15, -0.1) is 0 Å². The molecule has 1 aliphatic rings. The summed E-state index contributed by atoms with van der Waals surface area (Å²) in [6.45, 7) is 7.54. The molecule has 1 saturated heterocycles. The summed E-state index contributed by atoms with van der Waals surface area (Å²) in [5, 5.41) is 18.6. The lowest BCUT2D eigenvalue weighted by molar-refractivity contribution is -0.123. The number of carbonyl (C=O) groups excluding carboxylic acids is 1. The molecular formula is C18H25N3O2. The Morgan fingerprint density at radius 2 is 2.09 bits per heavy atom. The third-order valence-electron chi connectivity index (χ3n) is 4.33. The van der Waals surface area contributed by atoms with E-state index in [-0.39, 0.29) is 18.1 Å². The highest BCUT2D eigenvalue weighted by Gasteiger charge is 2.31. The molecule has 1 aliphatic heterocycles. The van der Waals surface area contributed by atoms with Crippen LogP contribution in [-0.2, 0) is 4.79 Å². The Kier molecular flexibility index (Phi) is 5.75. The Hall–Kier alpha value is -1.90. The number of amides is 1. The number of benzene rings is 1. The van der Waals surface area contributed by atoms with Crippen molar-refractivity contribution in [2.24, 2.45) is 0 Å². The maximum absolute atomic E-state index is 13.0. The topological polar surface area (TPSA) is 67.6 Å². The van der Waals surface area contributed by atoms with Gasteiger partial charge in [0.05, 0.1) is 24.6 Å². The van der Waals surface area contributed by atoms with E-state index in [1.54, 1.807) is 4.90 Å². The van der Waals surface area contributed by atoms with E-state index in [1.807, 2.05) is 37.8 Å². The molecule has 1 fully saturated rings. The minimum absolute atomic E-state index is 0.0145. The maximum atomic E-state index is 13.0. The Balaban J connectivity index is 2.23. The lowest BCUT2D eigenvalue weighted by atomic mass is 10.1. The highest BCUT2D eigenvalue weighted by Crippen LogP contribution is 2.22. The molecule has 1 N–H and O–H groups in total. The summed E-state index contributed by atoms with van der Waals surface area (Å²) >= 11 is 0. The predicted octanol–water partition coefficient (Wildman–Crippen LogP) is 2.01. The van der Waals surface area contributed by atoms with Gasteiger partial charge >= 0.3 is 0 Å². The van der Waals surface area contributed by atoms with Crippen LogP contribution in [0.4, 0.5) is 5.69 Å². The van der Waals surface area contributed by atoms with Gasteiger partial charge in [-0.25, -0.2) is 0 Å². The molecule has 0 radical (unpaired) electrons. The third-order valence-corrected chi connectivity index (χ3v) is 4.33. The number of likely N-dealkylation sites (tertiary alicyclic amines) is 1. The molecule has 2 rings (SSSR count). The number of aliphatic hydroxyl groups is 1. The summed E-state index contributed by atoms with van der Waals surface area (Å²) in [6.07, 6.45) is 0.659. The van der Waals surface area contributed by atoms with E-state index in [2.05, 4.69) is 12.1 Å². The van der Waals surface area contributed by atoms with Crippen LogP contribution in [0.2, 0.25) is 0 Å². The molecule has 0 spiro atoms. The summed E-state index contributed by atoms with van der Waals surface area (Å²) in [5.74, 6) is -0.0145. The standard InChI is InChI=1S/C18H25N3O2/c1-13-9-14(2)11-16(10-13)21(7-4-6-19)18(23)15(3)20-8-5-17(22)12-20/h9-11,15,17,22H,4-5,7-8,12H2,1-3H3/t15?,17-/m1/s1. The Morgan fingerprint density at radius 3 is 2.61 bits per heavy atom. The van der Waals surface area contributed by atoms with Crippen LogP contribution in [-0.4, -0.2) is 47.7 Å². The average Bonchev–Trinajstić information content (AvgIpc) is 2.92. The van der Waals surface area contributed by atoms with E-state index >= 15 is 0 Å². The summed E-state index contributed by atoms with van der Waals surface area (Å²) in [4.78, 5) is 16.7. The number of aryl methyl sites for hydroxylation is 2. The molecule has 0 saturated carbocycles. The van der Waals surface area contributed by atoms with Crippen LogP contribution in [0.5, 0.6) is 0 Å². The van der Waals surface area contributed by atoms with Gasteiger partial charge in [-0.1, -0.05) is 6.07 Å². The molecule has 124 valence electrons. The fourth-order valence-corrected chi connectivity index (χ4v) is 3.14. The van der Waals surface area contributed by atoms with Crippen molar-refractivity contribution in [3.8, 4) is 6.07 Å². The van der Waals surface area contributed by atoms with E-state index in [4.69, 9.17) is 5.26 Å². The summed E-state index contributed by atoms with van der Waals surface area (Å²) in [5.41, 5.74) is 3.03. The molecule has 0 aromatic heterocycles. The van der Waals surface area contributed by atoms with Crippen LogP contribution in [0.25, 0.3) is 0 Å². The first-order chi connectivity index (χ1) is 10.9. The molecule has 1 aromatic rings. The van der Waals surface area contributed by atoms with Gasteiger partial charge in [-0.3, -0.25) is 9.69 Å². The van der Waals surface area contributed by atoms with Crippen LogP contribution in [0.15, 0.2) is 18.2 Å². The molecular weight excluding hydrogens is 290 g/mol. The zero-order valence-corrected chi connectivity index (χ0v) is 14.1. The molecule has 5 nitrogen and oxygen atoms in total. The monoisotopic (exact) mass is 315 g/mol. The second kappa shape index (κ2) is 7.58. The lowest BCUT2D eigenvalue weighted by Crippen LogP contribution is -2.47. The van der Waals surface area contributed by atoms with E-state index in [0.29, 0.717) is 25.9 Å². The molecule has 23 heavy (non-hydrogen) atoms. The zero-order valence-electron chi connectivity index (χ0n) is 14.1. The van der Waals surface area contributed by atoms with E-state index in [9.17, 15) is 9.90 Å². The molecule has 0 aliphatic carbocycles. The van der Waals surface area contributed by atoms with Gasteiger partial charge < -0.3 is 10.0 Å². The zero-order chi connectivity index (χ0) is 17.0. The van der Waals surface area contributed by atoms with Crippen molar-refractivity contribution in [1.82, 2.24) is 4.90 Å². The number of hydrogen-bond acceptors (Lipinski definition) is 4. The maximum Gasteiger partial charge on any atom is 0.244 e. The Bertz CT molecular complexity index is 589. The van der Waals surface area contributed by atoms with Crippen LogP contribution in [0.3, 0.4) is 0 Å². The number of carbonyl (C=O) groups is 1. The minimum Gasteiger partial charge on any atom is -0.392 e. The van der Waals surface area contributed by atoms with Crippen molar-refractivity contribution in [2.75, 3.05) is 24.5 Å². The predicted molar refractivity (Wildman–Crippen MR) is 90.2 cm³/mol. The molecule has 5 heteroatoms. The van der Waals surface area contributed by atoms with Crippen molar-refractivity contribution >= 4 is 11.6 Å².